The summed E-state index contributed by atoms with van der Waals surface area (Å²) in [7, 11) is -2.15. The fourth-order valence-corrected chi connectivity index (χ4v) is 6.81. The molecule has 40 heavy (non-hydrogen) atoms. The van der Waals surface area contributed by atoms with Crippen LogP contribution < -0.4 is 4.74 Å². The summed E-state index contributed by atoms with van der Waals surface area (Å²) < 4.78 is 33.2. The van der Waals surface area contributed by atoms with Crippen molar-refractivity contribution in [2.45, 2.75) is 4.90 Å². The van der Waals surface area contributed by atoms with Gasteiger partial charge in [0.2, 0.25) is 10.0 Å². The highest BCUT2D eigenvalue weighted by Crippen LogP contribution is 2.28. The van der Waals surface area contributed by atoms with Crippen LogP contribution in [0.1, 0.15) is 15.9 Å². The van der Waals surface area contributed by atoms with E-state index in [1.165, 1.54) is 16.4 Å². The zero-order chi connectivity index (χ0) is 28.7. The summed E-state index contributed by atoms with van der Waals surface area (Å²) in [4.78, 5) is 17.3. The van der Waals surface area contributed by atoms with Crippen molar-refractivity contribution in [2.24, 2.45) is 0 Å². The summed E-state index contributed by atoms with van der Waals surface area (Å²) in [6, 6.07) is 19.0. The molecule has 0 radical (unpaired) electrons. The monoisotopic (exact) mass is 621 g/mol. The second-order valence-electron chi connectivity index (χ2n) is 9.23. The first-order chi connectivity index (χ1) is 19.2. The van der Waals surface area contributed by atoms with Crippen LogP contribution in [0.2, 0.25) is 15.1 Å². The number of ether oxygens (including phenoxy) is 1. The molecular weight excluding hydrogens is 593 g/mol. The van der Waals surface area contributed by atoms with Gasteiger partial charge in [-0.25, -0.2) is 8.42 Å². The van der Waals surface area contributed by atoms with Gasteiger partial charge in [0, 0.05) is 67.0 Å². The lowest BCUT2D eigenvalue weighted by molar-refractivity contribution is 0.0745. The third-order valence-electron chi connectivity index (χ3n) is 6.65. The number of halogens is 3. The Labute approximate surface area is 250 Å². The van der Waals surface area contributed by atoms with Crippen molar-refractivity contribution in [3.8, 4) is 5.75 Å². The predicted octanol–water partition coefficient (Wildman–Crippen LogP) is 5.82. The maximum atomic E-state index is 13.4. The first-order valence-electron chi connectivity index (χ1n) is 12.7. The Hall–Kier alpha value is -2.59. The average Bonchev–Trinajstić information content (AvgIpc) is 2.96. The van der Waals surface area contributed by atoms with Crippen LogP contribution in [0.5, 0.6) is 5.75 Å². The Morgan fingerprint density at radius 2 is 1.68 bits per heavy atom. The number of sulfonamides is 1. The van der Waals surface area contributed by atoms with Crippen molar-refractivity contribution in [1.29, 1.82) is 0 Å². The van der Waals surface area contributed by atoms with Crippen molar-refractivity contribution in [3.05, 3.63) is 99.0 Å². The molecule has 3 aromatic carbocycles. The van der Waals surface area contributed by atoms with E-state index in [2.05, 4.69) is 4.90 Å². The highest BCUT2D eigenvalue weighted by Gasteiger charge is 2.30. The average molecular weight is 623 g/mol. The standard InChI is InChI=1S/C29H30Cl3N3O4S/c1-39-27-10-3-2-6-22(27)8-5-13-34(29(36)23-7-4-9-24(30)20-23)17-14-33-15-18-35(19-16-33)40(37,38)28-21-25(31)11-12-26(28)32/h2-12,20-21H,13-19H2,1H3/b8-5+. The maximum Gasteiger partial charge on any atom is 0.254 e. The van der Waals surface area contributed by atoms with Gasteiger partial charge >= 0.3 is 0 Å². The minimum Gasteiger partial charge on any atom is -0.496 e. The first kappa shape index (κ1) is 30.4. The third kappa shape index (κ3) is 7.57. The summed E-state index contributed by atoms with van der Waals surface area (Å²) in [6.07, 6.45) is 3.86. The predicted molar refractivity (Wildman–Crippen MR) is 161 cm³/mol. The van der Waals surface area contributed by atoms with Crippen LogP contribution in [-0.4, -0.2) is 81.4 Å². The SMILES string of the molecule is COc1ccccc1/C=C/CN(CCN1CCN(S(=O)(=O)c2cc(Cl)ccc2Cl)CC1)C(=O)c1cccc(Cl)c1. The highest BCUT2D eigenvalue weighted by atomic mass is 35.5. The number of nitrogens with zero attached hydrogens (tertiary/aromatic N) is 3. The van der Waals surface area contributed by atoms with Gasteiger partial charge in [-0.05, 0) is 42.5 Å². The summed E-state index contributed by atoms with van der Waals surface area (Å²) in [5, 5.41) is 0.946. The van der Waals surface area contributed by atoms with Crippen molar-refractivity contribution in [1.82, 2.24) is 14.1 Å². The van der Waals surface area contributed by atoms with Crippen molar-refractivity contribution < 1.29 is 17.9 Å². The fourth-order valence-electron chi connectivity index (χ4n) is 4.46. The molecule has 1 fully saturated rings. The Morgan fingerprint density at radius 3 is 2.40 bits per heavy atom. The lowest BCUT2D eigenvalue weighted by atomic mass is 10.1. The van der Waals surface area contributed by atoms with Crippen LogP contribution >= 0.6 is 34.8 Å². The Bertz CT molecular complexity index is 1470. The molecule has 0 unspecified atom stereocenters. The largest absolute Gasteiger partial charge is 0.496 e. The van der Waals surface area contributed by atoms with Gasteiger partial charge in [0.1, 0.15) is 10.6 Å². The van der Waals surface area contributed by atoms with E-state index in [1.54, 1.807) is 42.3 Å². The van der Waals surface area contributed by atoms with Gasteiger partial charge < -0.3 is 9.64 Å². The lowest BCUT2D eigenvalue weighted by Gasteiger charge is -2.35. The van der Waals surface area contributed by atoms with E-state index in [0.717, 1.165) is 11.3 Å². The summed E-state index contributed by atoms with van der Waals surface area (Å²) in [5.41, 5.74) is 1.42. The quantitative estimate of drug-likeness (QED) is 0.285. The van der Waals surface area contributed by atoms with E-state index < -0.39 is 10.0 Å². The van der Waals surface area contributed by atoms with E-state index in [9.17, 15) is 13.2 Å². The van der Waals surface area contributed by atoms with Gasteiger partial charge in [-0.2, -0.15) is 4.31 Å². The van der Waals surface area contributed by atoms with E-state index in [-0.39, 0.29) is 15.8 Å². The number of carbonyl (C=O) groups is 1. The molecule has 1 amide bonds. The first-order valence-corrected chi connectivity index (χ1v) is 15.3. The number of piperazine rings is 1. The minimum absolute atomic E-state index is 0.00949. The molecule has 11 heteroatoms. The zero-order valence-electron chi connectivity index (χ0n) is 22.0. The van der Waals surface area contributed by atoms with Crippen molar-refractivity contribution in [3.63, 3.8) is 0 Å². The Balaban J connectivity index is 1.41. The smallest absolute Gasteiger partial charge is 0.254 e. The van der Waals surface area contributed by atoms with E-state index >= 15 is 0 Å². The molecule has 1 aliphatic heterocycles. The fraction of sp³-hybridized carbons (Fsp3) is 0.276. The number of benzene rings is 3. The topological polar surface area (TPSA) is 70.2 Å². The van der Waals surface area contributed by atoms with Gasteiger partial charge in [0.05, 0.1) is 12.1 Å². The molecule has 0 aromatic heterocycles. The molecule has 212 valence electrons. The van der Waals surface area contributed by atoms with E-state index in [4.69, 9.17) is 39.5 Å². The number of amides is 1. The van der Waals surface area contributed by atoms with Gasteiger partial charge in [-0.15, -0.1) is 0 Å². The van der Waals surface area contributed by atoms with Crippen molar-refractivity contribution >= 4 is 56.8 Å². The summed E-state index contributed by atoms with van der Waals surface area (Å²) >= 11 is 18.3. The molecule has 3 aromatic rings. The maximum absolute atomic E-state index is 13.4. The normalized spacial score (nSPS) is 14.9. The van der Waals surface area contributed by atoms with Crippen LogP contribution in [0.3, 0.4) is 0 Å². The number of para-hydroxylation sites is 1. The van der Waals surface area contributed by atoms with Crippen LogP contribution in [0, 0.1) is 0 Å². The number of carbonyl (C=O) groups excluding carboxylic acids is 1. The molecule has 1 aliphatic rings. The molecule has 1 saturated heterocycles. The lowest BCUT2D eigenvalue weighted by Crippen LogP contribution is -2.50. The Kier molecular flexibility index (Phi) is 10.5. The molecule has 0 bridgehead atoms. The summed E-state index contributed by atoms with van der Waals surface area (Å²) in [6.45, 7) is 3.07. The molecule has 1 heterocycles. The number of hydrogen-bond acceptors (Lipinski definition) is 5. The van der Waals surface area contributed by atoms with Crippen LogP contribution in [0.4, 0.5) is 0 Å². The second kappa shape index (κ2) is 13.9. The molecule has 0 N–H and O–H groups in total. The molecule has 7 nitrogen and oxygen atoms in total. The van der Waals surface area contributed by atoms with Gasteiger partial charge in [0.25, 0.3) is 5.91 Å². The van der Waals surface area contributed by atoms with Gasteiger partial charge in [-0.3, -0.25) is 9.69 Å². The zero-order valence-corrected chi connectivity index (χ0v) is 25.1. The van der Waals surface area contributed by atoms with Gasteiger partial charge in [-0.1, -0.05) is 71.2 Å². The van der Waals surface area contributed by atoms with Crippen molar-refractivity contribution in [2.75, 3.05) is 52.9 Å². The number of hydrogen-bond donors (Lipinski definition) is 0. The minimum atomic E-state index is -3.77. The number of methoxy groups -OCH3 is 1. The molecular formula is C29H30Cl3N3O4S. The molecule has 0 spiro atoms. The number of rotatable bonds is 10. The molecule has 0 aliphatic carbocycles. The second-order valence-corrected chi connectivity index (χ2v) is 12.4. The van der Waals surface area contributed by atoms with Crippen LogP contribution in [0.15, 0.2) is 77.7 Å². The molecule has 0 saturated carbocycles. The van der Waals surface area contributed by atoms with Crippen LogP contribution in [0.25, 0.3) is 6.08 Å². The summed E-state index contributed by atoms with van der Waals surface area (Å²) in [5.74, 6) is 0.613. The third-order valence-corrected chi connectivity index (χ3v) is 9.50. The molecule has 0 atom stereocenters. The van der Waals surface area contributed by atoms with Gasteiger partial charge in [0.15, 0.2) is 0 Å². The van der Waals surface area contributed by atoms with E-state index in [1.807, 2.05) is 36.4 Å². The van der Waals surface area contributed by atoms with E-state index in [0.29, 0.717) is 61.4 Å². The Morgan fingerprint density at radius 1 is 0.950 bits per heavy atom. The highest BCUT2D eigenvalue weighted by molar-refractivity contribution is 7.89. The van der Waals surface area contributed by atoms with Crippen LogP contribution in [-0.2, 0) is 10.0 Å². The molecule has 4 rings (SSSR count).